The van der Waals surface area contributed by atoms with Crippen molar-refractivity contribution in [2.45, 2.75) is 18.8 Å². The van der Waals surface area contributed by atoms with Crippen molar-refractivity contribution in [2.75, 3.05) is 6.61 Å². The molecule has 0 amide bonds. The molecular weight excluding hydrogens is 499 g/mol. The monoisotopic (exact) mass is 512 g/mol. The lowest BCUT2D eigenvalue weighted by atomic mass is 9.75. The third kappa shape index (κ3) is 3.55. The number of non-ortho nitro benzene ring substituents is 1. The highest BCUT2D eigenvalue weighted by Gasteiger charge is 2.34. The molecule has 1 fully saturated rings. The van der Waals surface area contributed by atoms with E-state index >= 15 is 0 Å². The summed E-state index contributed by atoms with van der Waals surface area (Å²) in [7, 11) is 0. The number of halogens is 2. The van der Waals surface area contributed by atoms with E-state index in [-0.39, 0.29) is 17.5 Å². The van der Waals surface area contributed by atoms with Gasteiger partial charge in [-0.15, -0.1) is 0 Å². The van der Waals surface area contributed by atoms with E-state index in [0.717, 1.165) is 27.9 Å². The first-order valence-electron chi connectivity index (χ1n) is 8.53. The predicted molar refractivity (Wildman–Crippen MR) is 110 cm³/mol. The number of nitrogens with zero attached hydrogens (tertiary/aromatic N) is 4. The van der Waals surface area contributed by atoms with Crippen LogP contribution in [0.2, 0.25) is 5.15 Å². The van der Waals surface area contributed by atoms with E-state index in [1.807, 2.05) is 10.6 Å². The first-order valence-corrected chi connectivity index (χ1v) is 9.99. The fourth-order valence-corrected chi connectivity index (χ4v) is 4.51. The molecule has 1 aliphatic carbocycles. The summed E-state index contributed by atoms with van der Waals surface area (Å²) in [6.07, 6.45) is 5.23. The standard InChI is InChI=1S/C18H14ClIN4O4/c19-15-14-16(20)22-17(23(14)6-5-21-15)12-7-10(8-12)9-28-18(25)11-1-3-13(4-2-11)24(26)27/h1-6,10,12H,7-9H2/t10-,12+. The minimum Gasteiger partial charge on any atom is -0.462 e. The summed E-state index contributed by atoms with van der Waals surface area (Å²) < 4.78 is 8.15. The van der Waals surface area contributed by atoms with Gasteiger partial charge in [0.25, 0.3) is 5.69 Å². The van der Waals surface area contributed by atoms with Crippen LogP contribution in [-0.4, -0.2) is 31.9 Å². The number of benzene rings is 1. The van der Waals surface area contributed by atoms with Gasteiger partial charge in [-0.3, -0.25) is 14.5 Å². The largest absolute Gasteiger partial charge is 0.462 e. The lowest BCUT2D eigenvalue weighted by Gasteiger charge is -2.33. The van der Waals surface area contributed by atoms with E-state index in [1.165, 1.54) is 24.3 Å². The van der Waals surface area contributed by atoms with Crippen molar-refractivity contribution in [2.24, 2.45) is 5.92 Å². The number of imidazole rings is 1. The van der Waals surface area contributed by atoms with Crippen molar-refractivity contribution in [1.29, 1.82) is 0 Å². The number of carbonyl (C=O) groups excluding carboxylic acids is 1. The summed E-state index contributed by atoms with van der Waals surface area (Å²) >= 11 is 8.32. The van der Waals surface area contributed by atoms with Crippen LogP contribution in [0.15, 0.2) is 36.7 Å². The van der Waals surface area contributed by atoms with E-state index in [1.54, 1.807) is 6.20 Å². The third-order valence-electron chi connectivity index (χ3n) is 4.86. The van der Waals surface area contributed by atoms with Crippen LogP contribution in [-0.2, 0) is 4.74 Å². The lowest BCUT2D eigenvalue weighted by Crippen LogP contribution is -2.28. The maximum Gasteiger partial charge on any atom is 0.338 e. The van der Waals surface area contributed by atoms with Crippen molar-refractivity contribution in [1.82, 2.24) is 14.4 Å². The fourth-order valence-electron chi connectivity index (χ4n) is 3.35. The Hall–Kier alpha value is -2.27. The molecule has 144 valence electrons. The number of aromatic nitrogens is 3. The smallest absolute Gasteiger partial charge is 0.338 e. The first-order chi connectivity index (χ1) is 13.4. The van der Waals surface area contributed by atoms with Crippen molar-refractivity contribution >= 4 is 51.4 Å². The van der Waals surface area contributed by atoms with E-state index in [9.17, 15) is 14.9 Å². The van der Waals surface area contributed by atoms with Crippen molar-refractivity contribution in [3.8, 4) is 0 Å². The number of rotatable bonds is 5. The highest BCUT2D eigenvalue weighted by molar-refractivity contribution is 14.1. The number of esters is 1. The van der Waals surface area contributed by atoms with Gasteiger partial charge in [-0.05, 0) is 53.5 Å². The quantitative estimate of drug-likeness (QED) is 0.219. The summed E-state index contributed by atoms with van der Waals surface area (Å²) in [5, 5.41) is 11.1. The SMILES string of the molecule is O=C(OC[C@H]1C[C@@H](c2nc(I)c3c(Cl)nccn32)C1)c1ccc([N+](=O)[O-])cc1. The Morgan fingerprint density at radius 3 is 2.75 bits per heavy atom. The number of nitro groups is 1. The van der Waals surface area contributed by atoms with Gasteiger partial charge in [-0.2, -0.15) is 0 Å². The van der Waals surface area contributed by atoms with Crippen LogP contribution in [0, 0.1) is 19.7 Å². The van der Waals surface area contributed by atoms with Gasteiger partial charge in [-0.25, -0.2) is 14.8 Å². The Kier molecular flexibility index (Phi) is 5.19. The molecule has 0 N–H and O–H groups in total. The molecule has 0 spiro atoms. The van der Waals surface area contributed by atoms with Crippen LogP contribution in [0.5, 0.6) is 0 Å². The molecule has 10 heteroatoms. The molecule has 0 atom stereocenters. The molecule has 2 aromatic heterocycles. The van der Waals surface area contributed by atoms with Crippen molar-refractivity contribution < 1.29 is 14.5 Å². The Morgan fingerprint density at radius 2 is 2.07 bits per heavy atom. The van der Waals surface area contributed by atoms with E-state index < -0.39 is 10.9 Å². The normalized spacial score (nSPS) is 18.6. The summed E-state index contributed by atoms with van der Waals surface area (Å²) in [6.45, 7) is 0.315. The molecule has 0 aliphatic heterocycles. The highest BCUT2D eigenvalue weighted by atomic mass is 127. The van der Waals surface area contributed by atoms with Gasteiger partial charge in [0.2, 0.25) is 0 Å². The maximum atomic E-state index is 12.1. The van der Waals surface area contributed by atoms with Crippen molar-refractivity contribution in [3.63, 3.8) is 0 Å². The molecule has 28 heavy (non-hydrogen) atoms. The predicted octanol–water partition coefficient (Wildman–Crippen LogP) is 4.25. The lowest BCUT2D eigenvalue weighted by molar-refractivity contribution is -0.384. The molecule has 0 radical (unpaired) electrons. The van der Waals surface area contributed by atoms with E-state index in [2.05, 4.69) is 32.6 Å². The molecule has 1 aliphatic rings. The second kappa shape index (κ2) is 7.63. The summed E-state index contributed by atoms with van der Waals surface area (Å²) in [6, 6.07) is 5.39. The zero-order chi connectivity index (χ0) is 19.8. The molecule has 2 heterocycles. The Labute approximate surface area is 178 Å². The van der Waals surface area contributed by atoms with Crippen LogP contribution < -0.4 is 0 Å². The second-order valence-corrected chi connectivity index (χ2v) is 8.01. The van der Waals surface area contributed by atoms with Gasteiger partial charge in [0, 0.05) is 30.4 Å². The Morgan fingerprint density at radius 1 is 1.36 bits per heavy atom. The van der Waals surface area contributed by atoms with Gasteiger partial charge >= 0.3 is 5.97 Å². The number of fused-ring (bicyclic) bond motifs is 1. The molecular formula is C18H14ClIN4O4. The molecule has 0 saturated heterocycles. The zero-order valence-corrected chi connectivity index (χ0v) is 17.3. The van der Waals surface area contributed by atoms with Gasteiger partial charge < -0.3 is 4.74 Å². The highest BCUT2D eigenvalue weighted by Crippen LogP contribution is 2.42. The minimum atomic E-state index is -0.507. The summed E-state index contributed by atoms with van der Waals surface area (Å²) in [5.41, 5.74) is 1.06. The molecule has 8 nitrogen and oxygen atoms in total. The molecule has 4 rings (SSSR count). The average molecular weight is 513 g/mol. The number of ether oxygens (including phenoxy) is 1. The van der Waals surface area contributed by atoms with E-state index in [0.29, 0.717) is 17.3 Å². The van der Waals surface area contributed by atoms with Crippen LogP contribution in [0.4, 0.5) is 5.69 Å². The van der Waals surface area contributed by atoms with Crippen molar-refractivity contribution in [3.05, 3.63) is 67.0 Å². The topological polar surface area (TPSA) is 99.6 Å². The zero-order valence-electron chi connectivity index (χ0n) is 14.4. The Balaban J connectivity index is 1.34. The summed E-state index contributed by atoms with van der Waals surface area (Å²) in [4.78, 5) is 31.0. The number of nitro benzene ring substituents is 1. The van der Waals surface area contributed by atoms with Crippen LogP contribution in [0.3, 0.4) is 0 Å². The van der Waals surface area contributed by atoms with Crippen LogP contribution in [0.25, 0.3) is 5.52 Å². The van der Waals surface area contributed by atoms with Gasteiger partial charge in [-0.1, -0.05) is 11.6 Å². The van der Waals surface area contributed by atoms with E-state index in [4.69, 9.17) is 16.3 Å². The Bertz CT molecular complexity index is 1060. The number of carbonyl (C=O) groups is 1. The summed E-state index contributed by atoms with van der Waals surface area (Å²) in [5.74, 6) is 1.01. The fraction of sp³-hybridized carbons (Fsp3) is 0.278. The van der Waals surface area contributed by atoms with Crippen LogP contribution >= 0.6 is 34.2 Å². The first kappa shape index (κ1) is 19.1. The molecule has 1 saturated carbocycles. The van der Waals surface area contributed by atoms with Crippen LogP contribution in [0.1, 0.15) is 34.9 Å². The molecule has 3 aromatic rings. The van der Waals surface area contributed by atoms with Gasteiger partial charge in [0.1, 0.15) is 15.0 Å². The number of hydrogen-bond acceptors (Lipinski definition) is 6. The second-order valence-electron chi connectivity index (χ2n) is 6.63. The maximum absolute atomic E-state index is 12.1. The minimum absolute atomic E-state index is 0.0600. The average Bonchev–Trinajstić information content (AvgIpc) is 2.98. The van der Waals surface area contributed by atoms with Gasteiger partial charge in [0.15, 0.2) is 5.15 Å². The molecule has 0 bridgehead atoms. The van der Waals surface area contributed by atoms with Gasteiger partial charge in [0.05, 0.1) is 17.1 Å². The molecule has 1 aromatic carbocycles. The molecule has 0 unspecified atom stereocenters. The third-order valence-corrected chi connectivity index (χ3v) is 5.89. The number of hydrogen-bond donors (Lipinski definition) is 0.